The number of carbonyl (C=O) groups excluding carboxylic acids is 2. The standard InChI is InChI=1S/C16H16O4/c17-13-15-6-7-16(9-15,14(18)20-10-19-13)12(8-15)11-4-2-1-3-5-11/h4,6-8H,1-3,5,9-10H2. The summed E-state index contributed by atoms with van der Waals surface area (Å²) in [5.74, 6) is -0.604. The fourth-order valence-electron chi connectivity index (χ4n) is 3.85. The first kappa shape index (κ1) is 11.9. The number of hydrogen-bond donors (Lipinski definition) is 0. The zero-order valence-electron chi connectivity index (χ0n) is 11.2. The van der Waals surface area contributed by atoms with Crippen LogP contribution in [0.1, 0.15) is 32.1 Å². The maximum absolute atomic E-state index is 12.4. The topological polar surface area (TPSA) is 52.6 Å². The van der Waals surface area contributed by atoms with Gasteiger partial charge in [0.2, 0.25) is 6.79 Å². The van der Waals surface area contributed by atoms with E-state index in [9.17, 15) is 9.59 Å². The molecule has 104 valence electrons. The molecule has 4 heteroatoms. The number of allylic oxidation sites excluding steroid dienone is 2. The molecule has 0 amide bonds. The Labute approximate surface area is 117 Å². The Balaban J connectivity index is 1.86. The quantitative estimate of drug-likeness (QED) is 0.543. The summed E-state index contributed by atoms with van der Waals surface area (Å²) in [5.41, 5.74) is 0.660. The summed E-state index contributed by atoms with van der Waals surface area (Å²) in [6, 6.07) is 0. The number of esters is 2. The molecule has 0 saturated carbocycles. The maximum Gasteiger partial charge on any atom is 0.323 e. The van der Waals surface area contributed by atoms with E-state index in [0.717, 1.165) is 24.8 Å². The van der Waals surface area contributed by atoms with E-state index in [-0.39, 0.29) is 18.7 Å². The SMILES string of the molecule is O=C1OCOC(=O)C23C=CC1(C=C2C1=CCCCC1)C3. The molecular weight excluding hydrogens is 256 g/mol. The second-order valence-corrected chi connectivity index (χ2v) is 6.04. The number of hydrogen-bond acceptors (Lipinski definition) is 4. The lowest BCUT2D eigenvalue weighted by molar-refractivity contribution is -0.179. The molecule has 2 bridgehead atoms. The Morgan fingerprint density at radius 1 is 1.05 bits per heavy atom. The summed E-state index contributed by atoms with van der Waals surface area (Å²) in [6.07, 6.45) is 12.6. The molecule has 1 aliphatic heterocycles. The third-order valence-electron chi connectivity index (χ3n) is 4.88. The van der Waals surface area contributed by atoms with Gasteiger partial charge in [-0.1, -0.05) is 24.3 Å². The van der Waals surface area contributed by atoms with Gasteiger partial charge in [0, 0.05) is 0 Å². The van der Waals surface area contributed by atoms with Crippen molar-refractivity contribution in [3.8, 4) is 0 Å². The van der Waals surface area contributed by atoms with Gasteiger partial charge in [0.25, 0.3) is 0 Å². The van der Waals surface area contributed by atoms with Crippen LogP contribution in [-0.2, 0) is 19.1 Å². The summed E-state index contributed by atoms with van der Waals surface area (Å²) in [6.45, 7) is -0.275. The molecule has 0 spiro atoms. The Morgan fingerprint density at radius 3 is 2.70 bits per heavy atom. The summed E-state index contributed by atoms with van der Waals surface area (Å²) in [4.78, 5) is 24.6. The third kappa shape index (κ3) is 1.37. The van der Waals surface area contributed by atoms with Gasteiger partial charge >= 0.3 is 11.9 Å². The van der Waals surface area contributed by atoms with Crippen molar-refractivity contribution in [2.75, 3.05) is 6.79 Å². The van der Waals surface area contributed by atoms with Crippen LogP contribution < -0.4 is 0 Å². The van der Waals surface area contributed by atoms with E-state index < -0.39 is 10.8 Å². The first-order valence-corrected chi connectivity index (χ1v) is 7.14. The van der Waals surface area contributed by atoms with E-state index >= 15 is 0 Å². The van der Waals surface area contributed by atoms with Gasteiger partial charge in [-0.2, -0.15) is 0 Å². The second-order valence-electron chi connectivity index (χ2n) is 6.04. The van der Waals surface area contributed by atoms with Crippen LogP contribution in [0, 0.1) is 10.8 Å². The first-order valence-electron chi connectivity index (χ1n) is 7.14. The van der Waals surface area contributed by atoms with Gasteiger partial charge in [0.1, 0.15) is 10.8 Å². The minimum absolute atomic E-state index is 0.275. The minimum atomic E-state index is -0.761. The summed E-state index contributed by atoms with van der Waals surface area (Å²) in [5, 5.41) is 0. The molecule has 0 aromatic rings. The predicted octanol–water partition coefficient (Wildman–Crippen LogP) is 2.42. The highest BCUT2D eigenvalue weighted by Gasteiger charge is 2.61. The number of ether oxygens (including phenoxy) is 2. The van der Waals surface area contributed by atoms with E-state index in [4.69, 9.17) is 9.47 Å². The lowest BCUT2D eigenvalue weighted by Gasteiger charge is -2.29. The predicted molar refractivity (Wildman–Crippen MR) is 70.3 cm³/mol. The molecule has 2 atom stereocenters. The molecule has 2 unspecified atom stereocenters. The van der Waals surface area contributed by atoms with E-state index in [1.54, 1.807) is 0 Å². The molecule has 0 N–H and O–H groups in total. The van der Waals surface area contributed by atoms with Crippen LogP contribution in [-0.4, -0.2) is 18.7 Å². The van der Waals surface area contributed by atoms with Gasteiger partial charge in [-0.25, -0.2) is 0 Å². The van der Waals surface area contributed by atoms with Crippen molar-refractivity contribution in [2.24, 2.45) is 10.8 Å². The lowest BCUT2D eigenvalue weighted by Crippen LogP contribution is -2.36. The van der Waals surface area contributed by atoms with Crippen molar-refractivity contribution >= 4 is 11.9 Å². The Hall–Kier alpha value is -1.84. The molecule has 1 saturated heterocycles. The maximum atomic E-state index is 12.4. The molecule has 0 radical (unpaired) electrons. The molecular formula is C16H16O4. The van der Waals surface area contributed by atoms with Crippen molar-refractivity contribution in [1.29, 1.82) is 0 Å². The molecule has 4 aliphatic rings. The smallest absolute Gasteiger partial charge is 0.323 e. The van der Waals surface area contributed by atoms with E-state index in [2.05, 4.69) is 6.08 Å². The van der Waals surface area contributed by atoms with Gasteiger partial charge in [0.05, 0.1) is 0 Å². The number of cyclic esters (lactones) is 2. The third-order valence-corrected chi connectivity index (χ3v) is 4.88. The summed E-state index contributed by atoms with van der Waals surface area (Å²) >= 11 is 0. The van der Waals surface area contributed by atoms with Crippen LogP contribution in [0.2, 0.25) is 0 Å². The summed E-state index contributed by atoms with van der Waals surface area (Å²) in [7, 11) is 0. The van der Waals surface area contributed by atoms with Gasteiger partial charge in [-0.05, 0) is 43.3 Å². The highest BCUT2D eigenvalue weighted by molar-refractivity contribution is 5.95. The zero-order chi connectivity index (χ0) is 13.8. The molecule has 0 aromatic carbocycles. The highest BCUT2D eigenvalue weighted by Crippen LogP contribution is 2.60. The average Bonchev–Trinajstić information content (AvgIpc) is 3.04. The van der Waals surface area contributed by atoms with Crippen molar-refractivity contribution in [1.82, 2.24) is 0 Å². The van der Waals surface area contributed by atoms with Crippen LogP contribution in [0.4, 0.5) is 0 Å². The van der Waals surface area contributed by atoms with Crippen LogP contribution in [0.15, 0.2) is 35.5 Å². The molecule has 1 fully saturated rings. The molecule has 20 heavy (non-hydrogen) atoms. The Kier molecular flexibility index (Phi) is 2.29. The van der Waals surface area contributed by atoms with Crippen LogP contribution in [0.5, 0.6) is 0 Å². The Morgan fingerprint density at radius 2 is 1.90 bits per heavy atom. The molecule has 3 aliphatic carbocycles. The van der Waals surface area contributed by atoms with Crippen molar-refractivity contribution in [2.45, 2.75) is 32.1 Å². The number of rotatable bonds is 1. The van der Waals surface area contributed by atoms with Gasteiger partial charge in [-0.15, -0.1) is 0 Å². The fraction of sp³-hybridized carbons (Fsp3) is 0.500. The first-order chi connectivity index (χ1) is 9.66. The zero-order valence-corrected chi connectivity index (χ0v) is 11.2. The number of carbonyl (C=O) groups is 2. The second kappa shape index (κ2) is 3.84. The van der Waals surface area contributed by atoms with E-state index in [0.29, 0.717) is 6.42 Å². The monoisotopic (exact) mass is 272 g/mol. The van der Waals surface area contributed by atoms with Crippen molar-refractivity contribution in [3.05, 3.63) is 35.5 Å². The van der Waals surface area contributed by atoms with Crippen LogP contribution in [0.25, 0.3) is 0 Å². The highest BCUT2D eigenvalue weighted by atomic mass is 16.7. The minimum Gasteiger partial charge on any atom is -0.427 e. The van der Waals surface area contributed by atoms with E-state index in [1.807, 2.05) is 18.2 Å². The normalized spacial score (nSPS) is 38.6. The van der Waals surface area contributed by atoms with E-state index in [1.165, 1.54) is 12.0 Å². The van der Waals surface area contributed by atoms with Crippen molar-refractivity contribution in [3.63, 3.8) is 0 Å². The molecule has 4 nitrogen and oxygen atoms in total. The Bertz CT molecular complexity index is 598. The van der Waals surface area contributed by atoms with Crippen LogP contribution in [0.3, 0.4) is 0 Å². The van der Waals surface area contributed by atoms with Crippen LogP contribution >= 0.6 is 0 Å². The lowest BCUT2D eigenvalue weighted by atomic mass is 9.76. The van der Waals surface area contributed by atoms with Gasteiger partial charge < -0.3 is 9.47 Å². The molecule has 1 heterocycles. The molecule has 0 aromatic heterocycles. The summed E-state index contributed by atoms with van der Waals surface area (Å²) < 4.78 is 10.2. The largest absolute Gasteiger partial charge is 0.427 e. The van der Waals surface area contributed by atoms with Gasteiger partial charge in [-0.3, -0.25) is 9.59 Å². The van der Waals surface area contributed by atoms with Gasteiger partial charge in [0.15, 0.2) is 0 Å². The average molecular weight is 272 g/mol. The van der Waals surface area contributed by atoms with Crippen molar-refractivity contribution < 1.29 is 19.1 Å². The molecule has 4 rings (SSSR count). The fourth-order valence-corrected chi connectivity index (χ4v) is 3.85.